The third-order valence-electron chi connectivity index (χ3n) is 3.53. The Morgan fingerprint density at radius 2 is 1.18 bits per heavy atom. The molecule has 17 heavy (non-hydrogen) atoms. The largest absolute Gasteiger partial charge is 0.0627 e. The Kier molecular flexibility index (Phi) is 1.76. The van der Waals surface area contributed by atoms with Gasteiger partial charge in [0.1, 0.15) is 0 Å². The van der Waals surface area contributed by atoms with Crippen LogP contribution < -0.4 is 5.30 Å². The van der Waals surface area contributed by atoms with E-state index in [-0.39, 0.29) is 0 Å². The Morgan fingerprint density at radius 1 is 0.588 bits per heavy atom. The van der Waals surface area contributed by atoms with Gasteiger partial charge in [-0.05, 0) is 37.6 Å². The maximum Gasteiger partial charge on any atom is -0.00204 e. The summed E-state index contributed by atoms with van der Waals surface area (Å²) in [5, 5.41) is 9.15. The van der Waals surface area contributed by atoms with Crippen molar-refractivity contribution >= 4 is 46.9 Å². The lowest BCUT2D eigenvalue weighted by molar-refractivity contribution is 1.80. The first-order chi connectivity index (χ1) is 8.34. The molecule has 0 bridgehead atoms. The van der Waals surface area contributed by atoms with Crippen LogP contribution in [0.2, 0.25) is 0 Å². The van der Waals surface area contributed by atoms with Crippen molar-refractivity contribution in [3.05, 3.63) is 54.6 Å². The van der Waals surface area contributed by atoms with E-state index in [4.69, 9.17) is 0 Å². The topological polar surface area (TPSA) is 0 Å². The van der Waals surface area contributed by atoms with Gasteiger partial charge in [0.2, 0.25) is 0 Å². The van der Waals surface area contributed by atoms with Crippen LogP contribution in [0.1, 0.15) is 0 Å². The Balaban J connectivity index is 2.48. The SMILES string of the molecule is [PH]c1ccc2ccc3cccc4ccc1c2c34. The van der Waals surface area contributed by atoms with Crippen molar-refractivity contribution < 1.29 is 0 Å². The smallest absolute Gasteiger partial charge is 0.00204 e. The molecular formula is C16H10P. The maximum atomic E-state index is 3.70. The summed E-state index contributed by atoms with van der Waals surface area (Å²) in [7, 11) is 3.70. The number of hydrogen-bond donors (Lipinski definition) is 0. The van der Waals surface area contributed by atoms with E-state index >= 15 is 0 Å². The third kappa shape index (κ3) is 1.16. The van der Waals surface area contributed by atoms with Crippen LogP contribution in [0.4, 0.5) is 0 Å². The fraction of sp³-hybridized carbons (Fsp3) is 0. The normalized spacial score (nSPS) is 11.8. The fourth-order valence-electron chi connectivity index (χ4n) is 2.74. The van der Waals surface area contributed by atoms with Gasteiger partial charge in [0.15, 0.2) is 0 Å². The van der Waals surface area contributed by atoms with Crippen LogP contribution >= 0.6 is 9.24 Å². The van der Waals surface area contributed by atoms with E-state index < -0.39 is 0 Å². The molecule has 0 spiro atoms. The molecule has 4 aromatic carbocycles. The average molecular weight is 233 g/mol. The van der Waals surface area contributed by atoms with Crippen LogP contribution in [0.5, 0.6) is 0 Å². The molecule has 4 rings (SSSR count). The molecule has 0 aliphatic heterocycles. The van der Waals surface area contributed by atoms with Crippen LogP contribution in [0.3, 0.4) is 0 Å². The highest BCUT2D eigenvalue weighted by Crippen LogP contribution is 2.33. The van der Waals surface area contributed by atoms with Gasteiger partial charge in [0, 0.05) is 0 Å². The first kappa shape index (κ1) is 9.39. The van der Waals surface area contributed by atoms with Gasteiger partial charge in [-0.15, -0.1) is 0 Å². The Hall–Kier alpha value is -1.65. The molecule has 0 atom stereocenters. The van der Waals surface area contributed by atoms with Crippen LogP contribution in [-0.2, 0) is 0 Å². The molecule has 1 radical (unpaired) electrons. The van der Waals surface area contributed by atoms with Gasteiger partial charge in [-0.3, -0.25) is 0 Å². The minimum atomic E-state index is 1.16. The molecule has 0 saturated carbocycles. The summed E-state index contributed by atoms with van der Waals surface area (Å²) < 4.78 is 0. The second kappa shape index (κ2) is 3.18. The maximum absolute atomic E-state index is 3.70. The predicted molar refractivity (Wildman–Crippen MR) is 78.1 cm³/mol. The minimum Gasteiger partial charge on any atom is -0.0627 e. The lowest BCUT2D eigenvalue weighted by Crippen LogP contribution is -1.94. The monoisotopic (exact) mass is 233 g/mol. The zero-order valence-electron chi connectivity index (χ0n) is 9.20. The Labute approximate surface area is 102 Å². The van der Waals surface area contributed by atoms with Gasteiger partial charge in [0.05, 0.1) is 0 Å². The van der Waals surface area contributed by atoms with Crippen molar-refractivity contribution in [2.24, 2.45) is 0 Å². The van der Waals surface area contributed by atoms with Gasteiger partial charge in [-0.2, -0.15) is 0 Å². The van der Waals surface area contributed by atoms with Crippen molar-refractivity contribution in [1.29, 1.82) is 0 Å². The van der Waals surface area contributed by atoms with Crippen molar-refractivity contribution in [1.82, 2.24) is 0 Å². The highest BCUT2D eigenvalue weighted by Gasteiger charge is 2.08. The molecule has 79 valence electrons. The van der Waals surface area contributed by atoms with Crippen molar-refractivity contribution in [2.75, 3.05) is 0 Å². The quantitative estimate of drug-likeness (QED) is 0.313. The van der Waals surface area contributed by atoms with Gasteiger partial charge >= 0.3 is 0 Å². The van der Waals surface area contributed by atoms with E-state index in [2.05, 4.69) is 63.8 Å². The standard InChI is InChI=1S/C16H10P/c17-14-9-7-12-5-4-10-2-1-3-11-6-8-13(14)16(12)15(10)11/h1-9,17H. The summed E-state index contributed by atoms with van der Waals surface area (Å²) in [4.78, 5) is 0. The van der Waals surface area contributed by atoms with Crippen molar-refractivity contribution in [3.63, 3.8) is 0 Å². The molecule has 0 N–H and O–H groups in total. The first-order valence-electron chi connectivity index (χ1n) is 5.73. The fourth-order valence-corrected chi connectivity index (χ4v) is 3.03. The predicted octanol–water partition coefficient (Wildman–Crippen LogP) is 4.35. The summed E-state index contributed by atoms with van der Waals surface area (Å²) in [5.41, 5.74) is 0. The molecule has 0 aliphatic rings. The van der Waals surface area contributed by atoms with E-state index in [0.717, 1.165) is 5.30 Å². The lowest BCUT2D eigenvalue weighted by atomic mass is 9.94. The van der Waals surface area contributed by atoms with Crippen LogP contribution in [-0.4, -0.2) is 0 Å². The zero-order valence-corrected chi connectivity index (χ0v) is 10.2. The number of hydrogen-bond acceptors (Lipinski definition) is 0. The molecule has 0 aliphatic carbocycles. The Morgan fingerprint density at radius 3 is 1.94 bits per heavy atom. The molecule has 0 fully saturated rings. The molecular weight excluding hydrogens is 223 g/mol. The van der Waals surface area contributed by atoms with Crippen molar-refractivity contribution in [3.8, 4) is 0 Å². The highest BCUT2D eigenvalue weighted by atomic mass is 31.0. The van der Waals surface area contributed by atoms with E-state index in [1.807, 2.05) is 0 Å². The zero-order chi connectivity index (χ0) is 11.4. The van der Waals surface area contributed by atoms with E-state index in [1.165, 1.54) is 32.3 Å². The van der Waals surface area contributed by atoms with Gasteiger partial charge in [-0.25, -0.2) is 0 Å². The van der Waals surface area contributed by atoms with Gasteiger partial charge < -0.3 is 0 Å². The van der Waals surface area contributed by atoms with Gasteiger partial charge in [0.25, 0.3) is 0 Å². The molecule has 0 saturated heterocycles. The van der Waals surface area contributed by atoms with Crippen LogP contribution in [0, 0.1) is 0 Å². The summed E-state index contributed by atoms with van der Waals surface area (Å²) in [6.45, 7) is 0. The van der Waals surface area contributed by atoms with Crippen molar-refractivity contribution in [2.45, 2.75) is 0 Å². The molecule has 0 unspecified atom stereocenters. The summed E-state index contributed by atoms with van der Waals surface area (Å²) in [5.74, 6) is 0. The Bertz CT molecular complexity index is 830. The van der Waals surface area contributed by atoms with E-state index in [1.54, 1.807) is 0 Å². The highest BCUT2D eigenvalue weighted by molar-refractivity contribution is 7.28. The summed E-state index contributed by atoms with van der Waals surface area (Å²) in [6.07, 6.45) is 0. The van der Waals surface area contributed by atoms with Crippen LogP contribution in [0.15, 0.2) is 54.6 Å². The molecule has 4 aromatic rings. The summed E-state index contributed by atoms with van der Waals surface area (Å²) in [6, 6.07) is 19.6. The third-order valence-corrected chi connectivity index (χ3v) is 3.96. The molecule has 0 amide bonds. The lowest BCUT2D eigenvalue weighted by Gasteiger charge is -2.11. The minimum absolute atomic E-state index is 1.16. The second-order valence-corrected chi connectivity index (χ2v) is 5.01. The molecule has 0 aromatic heterocycles. The second-order valence-electron chi connectivity index (χ2n) is 4.47. The molecule has 0 heterocycles. The van der Waals surface area contributed by atoms with E-state index in [9.17, 15) is 0 Å². The van der Waals surface area contributed by atoms with E-state index in [0.29, 0.717) is 0 Å². The number of rotatable bonds is 0. The average Bonchev–Trinajstić information content (AvgIpc) is 2.38. The van der Waals surface area contributed by atoms with Crippen LogP contribution in [0.25, 0.3) is 32.3 Å². The summed E-state index contributed by atoms with van der Waals surface area (Å²) >= 11 is 0. The molecule has 1 heteroatoms. The number of benzene rings is 4. The first-order valence-corrected chi connectivity index (χ1v) is 6.23. The molecule has 0 nitrogen and oxygen atoms in total. The van der Waals surface area contributed by atoms with Gasteiger partial charge in [-0.1, -0.05) is 63.8 Å².